The number of aryl methyl sites for hydroxylation is 1. The van der Waals surface area contributed by atoms with Crippen LogP contribution < -0.4 is 4.74 Å². The quantitative estimate of drug-likeness (QED) is 0.412. The number of carbonyl (C=O) groups is 1. The average molecular weight is 406 g/mol. The van der Waals surface area contributed by atoms with Crippen molar-refractivity contribution in [1.29, 1.82) is 0 Å². The van der Waals surface area contributed by atoms with Crippen molar-refractivity contribution >= 4 is 5.97 Å². The van der Waals surface area contributed by atoms with Crippen LogP contribution in [0.25, 0.3) is 11.5 Å². The van der Waals surface area contributed by atoms with E-state index >= 15 is 0 Å². The molecule has 4 rings (SSSR count). The van der Waals surface area contributed by atoms with Crippen molar-refractivity contribution in [2.75, 3.05) is 7.11 Å². The number of rotatable bonds is 7. The molecule has 154 valence electrons. The molecule has 0 atom stereocenters. The number of aromatic nitrogens is 2. The van der Waals surface area contributed by atoms with E-state index in [0.717, 1.165) is 28.5 Å². The molecule has 0 fully saturated rings. The van der Waals surface area contributed by atoms with Crippen LogP contribution in [0.15, 0.2) is 63.8 Å². The Labute approximate surface area is 173 Å². The van der Waals surface area contributed by atoms with Crippen LogP contribution in [0.3, 0.4) is 0 Å². The van der Waals surface area contributed by atoms with Crippen LogP contribution in [0.1, 0.15) is 33.2 Å². The zero-order chi connectivity index (χ0) is 21.1. The van der Waals surface area contributed by atoms with Crippen LogP contribution in [-0.4, -0.2) is 22.6 Å². The number of hydrogen-bond acceptors (Lipinski definition) is 6. The summed E-state index contributed by atoms with van der Waals surface area (Å²) < 4.78 is 23.6. The van der Waals surface area contributed by atoms with Gasteiger partial charge in [-0.3, -0.25) is 0 Å². The van der Waals surface area contributed by atoms with Crippen molar-refractivity contribution in [2.45, 2.75) is 27.0 Å². The minimum absolute atomic E-state index is 0.0281. The highest BCUT2D eigenvalue weighted by molar-refractivity contribution is 5.91. The largest absolute Gasteiger partial charge is 0.497 e. The lowest BCUT2D eigenvalue weighted by Crippen LogP contribution is -2.08. The van der Waals surface area contributed by atoms with Gasteiger partial charge in [0.1, 0.15) is 30.1 Å². The fourth-order valence-corrected chi connectivity index (χ4v) is 3.27. The van der Waals surface area contributed by atoms with E-state index in [-0.39, 0.29) is 6.61 Å². The van der Waals surface area contributed by atoms with Gasteiger partial charge in [0.05, 0.1) is 25.5 Å². The highest BCUT2D eigenvalue weighted by atomic mass is 16.5. The molecule has 0 amide bonds. The first-order valence-electron chi connectivity index (χ1n) is 9.50. The molecule has 0 aliphatic rings. The van der Waals surface area contributed by atoms with Gasteiger partial charge in [-0.05, 0) is 56.3 Å². The van der Waals surface area contributed by atoms with Gasteiger partial charge in [0, 0.05) is 17.0 Å². The monoisotopic (exact) mass is 406 g/mol. The van der Waals surface area contributed by atoms with Gasteiger partial charge in [0.15, 0.2) is 0 Å². The molecule has 0 unspecified atom stereocenters. The zero-order valence-corrected chi connectivity index (χ0v) is 17.0. The Morgan fingerprint density at radius 1 is 1.13 bits per heavy atom. The molecule has 4 aromatic rings. The second kappa shape index (κ2) is 8.32. The lowest BCUT2D eigenvalue weighted by Gasteiger charge is -2.08. The van der Waals surface area contributed by atoms with Crippen molar-refractivity contribution in [2.24, 2.45) is 0 Å². The van der Waals surface area contributed by atoms with E-state index in [4.69, 9.17) is 18.3 Å². The maximum atomic E-state index is 12.6. The lowest BCUT2D eigenvalue weighted by molar-refractivity contribution is 0.0466. The molecule has 0 saturated carbocycles. The van der Waals surface area contributed by atoms with Gasteiger partial charge < -0.3 is 22.9 Å². The first-order valence-corrected chi connectivity index (χ1v) is 9.50. The number of hydrogen-bond donors (Lipinski definition) is 0. The Morgan fingerprint density at radius 3 is 2.63 bits per heavy atom. The number of nitrogens with zero attached hydrogens (tertiary/aromatic N) is 2. The van der Waals surface area contributed by atoms with Gasteiger partial charge >= 0.3 is 5.97 Å². The van der Waals surface area contributed by atoms with Crippen LogP contribution in [0.5, 0.6) is 5.75 Å². The van der Waals surface area contributed by atoms with Gasteiger partial charge in [0.2, 0.25) is 5.89 Å². The summed E-state index contributed by atoms with van der Waals surface area (Å²) in [5, 5.41) is 0. The smallest absolute Gasteiger partial charge is 0.340 e. The summed E-state index contributed by atoms with van der Waals surface area (Å²) in [6, 6.07) is 12.9. The highest BCUT2D eigenvalue weighted by Gasteiger charge is 2.18. The van der Waals surface area contributed by atoms with Crippen LogP contribution in [-0.2, 0) is 17.9 Å². The van der Waals surface area contributed by atoms with E-state index in [1.165, 1.54) is 6.26 Å². The normalized spacial score (nSPS) is 10.9. The number of ether oxygens (including phenoxy) is 2. The molecule has 0 radical (unpaired) electrons. The molecule has 7 heteroatoms. The minimum Gasteiger partial charge on any atom is -0.497 e. The van der Waals surface area contributed by atoms with Crippen molar-refractivity contribution in [3.05, 3.63) is 83.4 Å². The predicted octanol–water partition coefficient (Wildman–Crippen LogP) is 4.77. The second-order valence-electron chi connectivity index (χ2n) is 6.90. The Morgan fingerprint density at radius 2 is 1.93 bits per heavy atom. The molecule has 0 bridgehead atoms. The third-order valence-corrected chi connectivity index (χ3v) is 4.93. The van der Waals surface area contributed by atoms with Crippen molar-refractivity contribution in [3.8, 4) is 17.2 Å². The number of benzene rings is 1. The molecule has 0 spiro atoms. The van der Waals surface area contributed by atoms with Gasteiger partial charge in [-0.25, -0.2) is 9.78 Å². The van der Waals surface area contributed by atoms with Crippen LogP contribution >= 0.6 is 0 Å². The summed E-state index contributed by atoms with van der Waals surface area (Å²) in [5.41, 5.74) is 3.67. The van der Waals surface area contributed by atoms with Crippen LogP contribution in [0.2, 0.25) is 0 Å². The molecule has 1 aromatic carbocycles. The predicted molar refractivity (Wildman–Crippen MR) is 109 cm³/mol. The third-order valence-electron chi connectivity index (χ3n) is 4.93. The molecular weight excluding hydrogens is 384 g/mol. The lowest BCUT2D eigenvalue weighted by atomic mass is 10.2. The van der Waals surface area contributed by atoms with E-state index < -0.39 is 5.97 Å². The van der Waals surface area contributed by atoms with Gasteiger partial charge in [0.25, 0.3) is 0 Å². The van der Waals surface area contributed by atoms with Crippen LogP contribution in [0, 0.1) is 13.8 Å². The number of methoxy groups -OCH3 is 1. The Bertz CT molecular complexity index is 1140. The van der Waals surface area contributed by atoms with E-state index in [9.17, 15) is 4.79 Å². The highest BCUT2D eigenvalue weighted by Crippen LogP contribution is 2.23. The fourth-order valence-electron chi connectivity index (χ4n) is 3.27. The molecular formula is C23H22N2O5. The first-order chi connectivity index (χ1) is 14.5. The standard InChI is InChI=1S/C23H22N2O5/c1-15-11-21(16(2)25(15)12-20-5-4-10-28-20)23(26)30-14-18-13-29-22(24-18)17-6-8-19(27-3)9-7-17/h4-11,13H,12,14H2,1-3H3. The van der Waals surface area contributed by atoms with E-state index in [1.54, 1.807) is 13.4 Å². The Balaban J connectivity index is 1.42. The van der Waals surface area contributed by atoms with E-state index in [1.807, 2.05) is 60.9 Å². The van der Waals surface area contributed by atoms with E-state index in [2.05, 4.69) is 4.98 Å². The van der Waals surface area contributed by atoms with Crippen molar-refractivity contribution < 1.29 is 23.1 Å². The molecule has 30 heavy (non-hydrogen) atoms. The van der Waals surface area contributed by atoms with Gasteiger partial charge in [-0.1, -0.05) is 0 Å². The van der Waals surface area contributed by atoms with Crippen molar-refractivity contribution in [3.63, 3.8) is 0 Å². The third kappa shape index (κ3) is 4.00. The summed E-state index contributed by atoms with van der Waals surface area (Å²) in [6.07, 6.45) is 3.13. The molecule has 0 aliphatic carbocycles. The van der Waals surface area contributed by atoms with Gasteiger partial charge in [-0.2, -0.15) is 0 Å². The average Bonchev–Trinajstić information content (AvgIpc) is 3.50. The SMILES string of the molecule is COc1ccc(-c2nc(COC(=O)c3cc(C)n(Cc4ccco4)c3C)co2)cc1. The number of furan rings is 1. The topological polar surface area (TPSA) is 79.6 Å². The number of carbonyl (C=O) groups excluding carboxylic acids is 1. The molecule has 0 N–H and O–H groups in total. The maximum absolute atomic E-state index is 12.6. The maximum Gasteiger partial charge on any atom is 0.340 e. The van der Waals surface area contributed by atoms with E-state index in [0.29, 0.717) is 23.7 Å². The van der Waals surface area contributed by atoms with Crippen LogP contribution in [0.4, 0.5) is 0 Å². The first kappa shape index (κ1) is 19.6. The zero-order valence-electron chi connectivity index (χ0n) is 17.0. The van der Waals surface area contributed by atoms with Gasteiger partial charge in [-0.15, -0.1) is 0 Å². The summed E-state index contributed by atoms with van der Waals surface area (Å²) in [4.78, 5) is 17.0. The van der Waals surface area contributed by atoms with Crippen molar-refractivity contribution in [1.82, 2.24) is 9.55 Å². The minimum atomic E-state index is -0.400. The molecule has 3 heterocycles. The fraction of sp³-hybridized carbons (Fsp3) is 0.217. The second-order valence-corrected chi connectivity index (χ2v) is 6.90. The molecule has 3 aromatic heterocycles. The Kier molecular flexibility index (Phi) is 5.43. The Hall–Kier alpha value is -3.74. The summed E-state index contributed by atoms with van der Waals surface area (Å²) in [5.74, 6) is 1.64. The number of oxazole rings is 1. The summed E-state index contributed by atoms with van der Waals surface area (Å²) in [6.45, 7) is 4.43. The number of esters is 1. The molecule has 7 nitrogen and oxygen atoms in total. The molecule has 0 aliphatic heterocycles. The molecule has 0 saturated heterocycles. The summed E-state index contributed by atoms with van der Waals surface area (Å²) >= 11 is 0. The summed E-state index contributed by atoms with van der Waals surface area (Å²) in [7, 11) is 1.61.